The second-order valence-electron chi connectivity index (χ2n) is 11.9. The molecule has 7 aromatic carbocycles. The summed E-state index contributed by atoms with van der Waals surface area (Å²) >= 11 is 1.74. The van der Waals surface area contributed by atoms with Crippen LogP contribution in [-0.4, -0.2) is 19.9 Å². The first-order valence-corrected chi connectivity index (χ1v) is 16.6. The first kappa shape index (κ1) is 26.9. The van der Waals surface area contributed by atoms with Gasteiger partial charge in [0.2, 0.25) is 5.89 Å². The van der Waals surface area contributed by atoms with Crippen LogP contribution >= 0.6 is 11.3 Å². The molecule has 0 radical (unpaired) electrons. The second-order valence-corrected chi connectivity index (χ2v) is 13.0. The zero-order valence-corrected chi connectivity index (χ0v) is 26.3. The number of benzene rings is 7. The number of nitrogens with zero attached hydrogens (tertiary/aromatic N) is 4. The van der Waals surface area contributed by atoms with Gasteiger partial charge in [-0.05, 0) is 45.8 Å². The molecule has 0 saturated carbocycles. The van der Waals surface area contributed by atoms with Gasteiger partial charge in [-0.25, -0.2) is 19.9 Å². The molecule has 0 unspecified atom stereocenters. The highest BCUT2D eigenvalue weighted by atomic mass is 32.1. The zero-order valence-electron chi connectivity index (χ0n) is 25.5. The molecule has 0 bridgehead atoms. The number of hydrogen-bond acceptors (Lipinski definition) is 6. The third-order valence-electron chi connectivity index (χ3n) is 8.92. The van der Waals surface area contributed by atoms with E-state index in [1.54, 1.807) is 11.3 Å². The normalized spacial score (nSPS) is 11.8. The molecular formula is C42H24N4OS. The first-order chi connectivity index (χ1) is 23.7. The van der Waals surface area contributed by atoms with Crippen LogP contribution in [-0.2, 0) is 0 Å². The van der Waals surface area contributed by atoms with Gasteiger partial charge in [-0.15, -0.1) is 11.3 Å². The largest absolute Gasteiger partial charge is 0.436 e. The molecular weight excluding hydrogens is 609 g/mol. The van der Waals surface area contributed by atoms with Crippen LogP contribution in [0.2, 0.25) is 0 Å². The van der Waals surface area contributed by atoms with Crippen molar-refractivity contribution in [2.45, 2.75) is 0 Å². The molecule has 5 nitrogen and oxygen atoms in total. The number of aromatic nitrogens is 4. The highest BCUT2D eigenvalue weighted by Crippen LogP contribution is 2.44. The standard InChI is InChI=1S/C42H24N4OS/c1-2-12-27(13-3-1)39-44-40(30-20-18-25-10-4-6-14-28(25)22-30)46-41(45-39)37-36-32-16-8-9-17-34(32)48-35(36)24-33-38(37)43-42(47-33)31-21-19-26-11-5-7-15-29(26)23-31/h1-24H. The molecule has 10 aromatic rings. The van der Waals surface area contributed by atoms with Crippen LogP contribution in [0.4, 0.5) is 0 Å². The van der Waals surface area contributed by atoms with Crippen LogP contribution in [0.25, 0.3) is 98.4 Å². The Bertz CT molecular complexity index is 2860. The summed E-state index contributed by atoms with van der Waals surface area (Å²) in [7, 11) is 0. The summed E-state index contributed by atoms with van der Waals surface area (Å²) in [5, 5.41) is 6.80. The number of fused-ring (bicyclic) bond motifs is 6. The number of hydrogen-bond donors (Lipinski definition) is 0. The Hall–Kier alpha value is -6.24. The van der Waals surface area contributed by atoms with Gasteiger partial charge in [0.1, 0.15) is 5.52 Å². The lowest BCUT2D eigenvalue weighted by molar-refractivity contribution is 0.620. The monoisotopic (exact) mass is 632 g/mol. The molecule has 6 heteroatoms. The van der Waals surface area contributed by atoms with E-state index in [4.69, 9.17) is 24.4 Å². The Morgan fingerprint density at radius 3 is 1.81 bits per heavy atom. The maximum absolute atomic E-state index is 6.57. The Balaban J connectivity index is 1.28. The van der Waals surface area contributed by atoms with Gasteiger partial charge in [0, 0.05) is 42.9 Å². The third-order valence-corrected chi connectivity index (χ3v) is 10.0. The molecule has 0 aliphatic heterocycles. The van der Waals surface area contributed by atoms with E-state index in [9.17, 15) is 0 Å². The van der Waals surface area contributed by atoms with Crippen molar-refractivity contribution in [2.75, 3.05) is 0 Å². The topological polar surface area (TPSA) is 64.7 Å². The maximum atomic E-state index is 6.57. The van der Waals surface area contributed by atoms with E-state index in [1.165, 1.54) is 15.5 Å². The van der Waals surface area contributed by atoms with Crippen molar-refractivity contribution in [2.24, 2.45) is 0 Å². The third kappa shape index (κ3) is 4.38. The molecule has 0 saturated heterocycles. The predicted molar refractivity (Wildman–Crippen MR) is 197 cm³/mol. The molecule has 0 fully saturated rings. The summed E-state index contributed by atoms with van der Waals surface area (Å²) in [4.78, 5) is 20.6. The van der Waals surface area contributed by atoms with Gasteiger partial charge < -0.3 is 4.42 Å². The fourth-order valence-corrected chi connectivity index (χ4v) is 7.74. The Morgan fingerprint density at radius 1 is 0.438 bits per heavy atom. The van der Waals surface area contributed by atoms with Crippen molar-refractivity contribution >= 4 is 64.2 Å². The van der Waals surface area contributed by atoms with E-state index in [2.05, 4.69) is 109 Å². The van der Waals surface area contributed by atoms with Crippen LogP contribution in [0, 0.1) is 0 Å². The number of oxazole rings is 1. The summed E-state index contributed by atoms with van der Waals surface area (Å²) in [5.74, 6) is 2.33. The van der Waals surface area contributed by atoms with Crippen molar-refractivity contribution in [3.05, 3.63) is 146 Å². The van der Waals surface area contributed by atoms with E-state index < -0.39 is 0 Å². The highest BCUT2D eigenvalue weighted by molar-refractivity contribution is 7.26. The summed E-state index contributed by atoms with van der Waals surface area (Å²) in [6, 6.07) is 50.0. The van der Waals surface area contributed by atoms with Crippen molar-refractivity contribution in [1.82, 2.24) is 19.9 Å². The Kier molecular flexibility index (Phi) is 5.98. The molecule has 3 aromatic heterocycles. The molecule has 3 heterocycles. The fourth-order valence-electron chi connectivity index (χ4n) is 6.60. The SMILES string of the molecule is c1ccc(-c2nc(-c3ccc4ccccc4c3)nc(-c3c4nc(-c5ccc6ccccc6c5)oc4cc4sc5ccccc5c34)n2)cc1. The molecule has 0 N–H and O–H groups in total. The quantitative estimate of drug-likeness (QED) is 0.193. The van der Waals surface area contributed by atoms with Crippen molar-refractivity contribution < 1.29 is 4.42 Å². The zero-order chi connectivity index (χ0) is 31.6. The van der Waals surface area contributed by atoms with E-state index >= 15 is 0 Å². The van der Waals surface area contributed by atoms with Gasteiger partial charge in [0.15, 0.2) is 23.1 Å². The van der Waals surface area contributed by atoms with Gasteiger partial charge in [0.25, 0.3) is 0 Å². The summed E-state index contributed by atoms with van der Waals surface area (Å²) in [6.45, 7) is 0. The Labute approximate surface area is 278 Å². The molecule has 48 heavy (non-hydrogen) atoms. The smallest absolute Gasteiger partial charge is 0.227 e. The van der Waals surface area contributed by atoms with E-state index in [0.29, 0.717) is 28.9 Å². The average Bonchev–Trinajstić information content (AvgIpc) is 3.75. The summed E-state index contributed by atoms with van der Waals surface area (Å²) in [6.07, 6.45) is 0. The van der Waals surface area contributed by atoms with E-state index in [-0.39, 0.29) is 0 Å². The molecule has 0 spiro atoms. The van der Waals surface area contributed by atoms with Gasteiger partial charge in [-0.1, -0.05) is 115 Å². The lowest BCUT2D eigenvalue weighted by Gasteiger charge is -2.10. The molecule has 224 valence electrons. The molecule has 10 rings (SSSR count). The van der Waals surface area contributed by atoms with Gasteiger partial charge >= 0.3 is 0 Å². The second kappa shape index (κ2) is 10.7. The summed E-state index contributed by atoms with van der Waals surface area (Å²) < 4.78 is 8.85. The van der Waals surface area contributed by atoms with E-state index in [1.807, 2.05) is 36.4 Å². The minimum atomic E-state index is 0.560. The van der Waals surface area contributed by atoms with Crippen LogP contribution in [0.15, 0.2) is 150 Å². The lowest BCUT2D eigenvalue weighted by atomic mass is 10.0. The van der Waals surface area contributed by atoms with Crippen molar-refractivity contribution in [3.8, 4) is 45.6 Å². The van der Waals surface area contributed by atoms with Gasteiger partial charge in [-0.2, -0.15) is 0 Å². The summed E-state index contributed by atoms with van der Waals surface area (Å²) in [5.41, 5.74) is 5.02. The molecule has 0 aliphatic rings. The van der Waals surface area contributed by atoms with Crippen LogP contribution < -0.4 is 0 Å². The van der Waals surface area contributed by atoms with Crippen LogP contribution in [0.3, 0.4) is 0 Å². The van der Waals surface area contributed by atoms with Gasteiger partial charge in [0.05, 0.1) is 5.56 Å². The van der Waals surface area contributed by atoms with Crippen LogP contribution in [0.5, 0.6) is 0 Å². The van der Waals surface area contributed by atoms with E-state index in [0.717, 1.165) is 54.0 Å². The molecule has 0 atom stereocenters. The molecule has 0 aliphatic carbocycles. The maximum Gasteiger partial charge on any atom is 0.227 e. The number of rotatable bonds is 4. The minimum absolute atomic E-state index is 0.560. The highest BCUT2D eigenvalue weighted by Gasteiger charge is 2.24. The number of thiophene rings is 1. The fraction of sp³-hybridized carbons (Fsp3) is 0. The predicted octanol–water partition coefficient (Wildman–Crippen LogP) is 11.4. The first-order valence-electron chi connectivity index (χ1n) is 15.8. The van der Waals surface area contributed by atoms with Gasteiger partial charge in [-0.3, -0.25) is 0 Å². The van der Waals surface area contributed by atoms with Crippen LogP contribution in [0.1, 0.15) is 0 Å². The molecule has 0 amide bonds. The van der Waals surface area contributed by atoms with Crippen molar-refractivity contribution in [1.29, 1.82) is 0 Å². The lowest BCUT2D eigenvalue weighted by Crippen LogP contribution is -2.01. The van der Waals surface area contributed by atoms with Crippen molar-refractivity contribution in [3.63, 3.8) is 0 Å². The minimum Gasteiger partial charge on any atom is -0.436 e. The Morgan fingerprint density at radius 2 is 1.04 bits per heavy atom. The average molecular weight is 633 g/mol.